The first-order valence-electron chi connectivity index (χ1n) is 8.63. The molecule has 6 atom stereocenters. The van der Waals surface area contributed by atoms with Crippen LogP contribution in [0.2, 0.25) is 0 Å². The van der Waals surface area contributed by atoms with Crippen molar-refractivity contribution in [2.45, 2.75) is 12.8 Å². The van der Waals surface area contributed by atoms with E-state index in [-0.39, 0.29) is 61.7 Å². The topological polar surface area (TPSA) is 124 Å². The maximum absolute atomic E-state index is 12.7. The number of hydrogen-bond donors (Lipinski definition) is 1. The monoisotopic (exact) mass is 349 g/mol. The van der Waals surface area contributed by atoms with E-state index in [9.17, 15) is 24.1 Å². The van der Waals surface area contributed by atoms with Gasteiger partial charge in [0, 0.05) is 0 Å². The molecule has 5 rings (SSSR count). The maximum Gasteiger partial charge on any atom is 0.233 e. The van der Waals surface area contributed by atoms with Crippen molar-refractivity contribution in [1.29, 1.82) is 0 Å². The number of fused-ring (bicyclic) bond motifs is 1. The minimum atomic E-state index is -0.579. The van der Waals surface area contributed by atoms with Crippen LogP contribution in [0.4, 0.5) is 0 Å². The Balaban J connectivity index is 1.69. The molecule has 0 aromatic carbocycles. The molecule has 6 unspecified atom stereocenters. The van der Waals surface area contributed by atoms with E-state index in [4.69, 9.17) is 5.11 Å². The SMILES string of the molecule is O=NCCN1C(=O)C2C3CCC(C4C(=O)N(CCO)C(=O)C34)C2C1=O. The number of likely N-dealkylation sites (tertiary alicyclic amines) is 2. The first-order valence-corrected chi connectivity index (χ1v) is 8.63. The molecule has 0 aromatic heterocycles. The number of carbonyl (C=O) groups is 4. The molecule has 2 saturated heterocycles. The number of aliphatic hydroxyl groups excluding tert-OH is 1. The smallest absolute Gasteiger partial charge is 0.233 e. The number of hydrogen-bond acceptors (Lipinski definition) is 7. The lowest BCUT2D eigenvalue weighted by molar-refractivity contribution is -0.148. The third-order valence-electron chi connectivity index (χ3n) is 6.40. The summed E-state index contributed by atoms with van der Waals surface area (Å²) in [6, 6.07) is 0. The molecule has 0 spiro atoms. The molecular formula is C16H19N3O6. The number of rotatable bonds is 5. The number of amides is 4. The van der Waals surface area contributed by atoms with Gasteiger partial charge in [0.25, 0.3) is 0 Å². The van der Waals surface area contributed by atoms with Gasteiger partial charge in [-0.25, -0.2) is 0 Å². The highest BCUT2D eigenvalue weighted by atomic mass is 16.3. The van der Waals surface area contributed by atoms with E-state index in [2.05, 4.69) is 5.18 Å². The van der Waals surface area contributed by atoms with Crippen LogP contribution in [-0.2, 0) is 19.2 Å². The van der Waals surface area contributed by atoms with Crippen LogP contribution in [0.3, 0.4) is 0 Å². The van der Waals surface area contributed by atoms with Gasteiger partial charge in [-0.1, -0.05) is 5.18 Å². The van der Waals surface area contributed by atoms with E-state index < -0.39 is 23.7 Å². The predicted octanol–water partition coefficient (Wildman–Crippen LogP) is -1.01. The summed E-state index contributed by atoms with van der Waals surface area (Å²) < 4.78 is 0. The Hall–Kier alpha value is -2.16. The van der Waals surface area contributed by atoms with Crippen molar-refractivity contribution < 1.29 is 24.3 Å². The lowest BCUT2D eigenvalue weighted by atomic mass is 9.51. The lowest BCUT2D eigenvalue weighted by Gasteiger charge is -2.48. The number of imide groups is 2. The molecule has 25 heavy (non-hydrogen) atoms. The highest BCUT2D eigenvalue weighted by molar-refractivity contribution is 6.10. The molecule has 5 fully saturated rings. The second-order valence-corrected chi connectivity index (χ2v) is 7.24. The molecule has 2 heterocycles. The van der Waals surface area contributed by atoms with Gasteiger partial charge in [0.2, 0.25) is 23.6 Å². The first-order chi connectivity index (χ1) is 12.0. The third-order valence-corrected chi connectivity index (χ3v) is 6.40. The van der Waals surface area contributed by atoms with Gasteiger partial charge in [-0.05, 0) is 24.7 Å². The quantitative estimate of drug-likeness (QED) is 0.501. The molecule has 3 saturated carbocycles. The molecule has 1 N–H and O–H groups in total. The van der Waals surface area contributed by atoms with Crippen molar-refractivity contribution in [1.82, 2.24) is 9.80 Å². The van der Waals surface area contributed by atoms with Gasteiger partial charge < -0.3 is 5.11 Å². The maximum atomic E-state index is 12.7. The van der Waals surface area contributed by atoms with Crippen LogP contribution in [-0.4, -0.2) is 64.8 Å². The van der Waals surface area contributed by atoms with Crippen LogP contribution in [0.5, 0.6) is 0 Å². The van der Waals surface area contributed by atoms with Gasteiger partial charge >= 0.3 is 0 Å². The fourth-order valence-corrected chi connectivity index (χ4v) is 5.58. The molecule has 4 amide bonds. The fraction of sp³-hybridized carbons (Fsp3) is 0.750. The van der Waals surface area contributed by atoms with E-state index in [0.717, 1.165) is 9.80 Å². The van der Waals surface area contributed by atoms with E-state index in [1.165, 1.54) is 0 Å². The number of aliphatic hydroxyl groups is 1. The summed E-state index contributed by atoms with van der Waals surface area (Å²) in [6.45, 7) is -0.537. The summed E-state index contributed by atoms with van der Waals surface area (Å²) in [6.07, 6.45) is 1.27. The molecule has 5 aliphatic rings. The number of carbonyl (C=O) groups excluding carboxylic acids is 4. The van der Waals surface area contributed by atoms with Gasteiger partial charge in [0.15, 0.2) is 0 Å². The molecule has 0 aromatic rings. The van der Waals surface area contributed by atoms with Crippen molar-refractivity contribution in [3.63, 3.8) is 0 Å². The predicted molar refractivity (Wildman–Crippen MR) is 81.4 cm³/mol. The average molecular weight is 349 g/mol. The largest absolute Gasteiger partial charge is 0.395 e. The molecular weight excluding hydrogens is 330 g/mol. The van der Waals surface area contributed by atoms with E-state index in [0.29, 0.717) is 12.8 Å². The highest BCUT2D eigenvalue weighted by Gasteiger charge is 2.69. The normalized spacial score (nSPS) is 39.2. The first kappa shape index (κ1) is 16.3. The van der Waals surface area contributed by atoms with Crippen molar-refractivity contribution >= 4 is 23.6 Å². The number of β-amino-alcohol motifs (C(OH)–C–C–N with tert-alkyl or cyclic N) is 1. The van der Waals surface area contributed by atoms with Gasteiger partial charge in [-0.15, -0.1) is 0 Å². The Morgan fingerprint density at radius 1 is 0.800 bits per heavy atom. The molecule has 9 nitrogen and oxygen atoms in total. The Morgan fingerprint density at radius 2 is 1.20 bits per heavy atom. The molecule has 9 heteroatoms. The molecule has 2 bridgehead atoms. The van der Waals surface area contributed by atoms with Gasteiger partial charge in [-0.2, -0.15) is 4.91 Å². The Bertz CT molecular complexity index is 631. The van der Waals surface area contributed by atoms with Crippen LogP contribution >= 0.6 is 0 Å². The van der Waals surface area contributed by atoms with E-state index in [1.54, 1.807) is 0 Å². The van der Waals surface area contributed by atoms with Crippen molar-refractivity contribution in [2.75, 3.05) is 26.2 Å². The fourth-order valence-electron chi connectivity index (χ4n) is 5.58. The lowest BCUT2D eigenvalue weighted by Crippen LogP contribution is -2.53. The Kier molecular flexibility index (Phi) is 3.71. The minimum Gasteiger partial charge on any atom is -0.395 e. The Morgan fingerprint density at radius 3 is 1.56 bits per heavy atom. The molecule has 134 valence electrons. The van der Waals surface area contributed by atoms with E-state index >= 15 is 0 Å². The molecule has 0 radical (unpaired) electrons. The van der Waals surface area contributed by atoms with Gasteiger partial charge in [-0.3, -0.25) is 29.0 Å². The number of nitrogens with zero attached hydrogens (tertiary/aromatic N) is 3. The van der Waals surface area contributed by atoms with E-state index in [1.807, 2.05) is 0 Å². The summed E-state index contributed by atoms with van der Waals surface area (Å²) in [5.41, 5.74) is 0. The van der Waals surface area contributed by atoms with Crippen LogP contribution in [0.25, 0.3) is 0 Å². The van der Waals surface area contributed by atoms with Gasteiger partial charge in [0.05, 0.1) is 49.9 Å². The number of nitroso groups, excluding NO2 is 1. The molecule has 2 aliphatic heterocycles. The zero-order valence-corrected chi connectivity index (χ0v) is 13.5. The van der Waals surface area contributed by atoms with Crippen molar-refractivity contribution in [2.24, 2.45) is 40.7 Å². The minimum absolute atomic E-state index is 0.0402. The zero-order valence-electron chi connectivity index (χ0n) is 13.5. The Labute approximate surface area is 143 Å². The summed E-state index contributed by atoms with van der Waals surface area (Å²) in [4.78, 5) is 63.4. The second kappa shape index (κ2) is 5.69. The van der Waals surface area contributed by atoms with Crippen LogP contribution in [0, 0.1) is 40.4 Å². The van der Waals surface area contributed by atoms with Crippen LogP contribution in [0.1, 0.15) is 12.8 Å². The third kappa shape index (κ3) is 1.98. The standard InChI is InChI=1S/C16H19N3O6/c20-6-5-19-15(23)11-7-1-2-8(12(11)16(19)24)10-9(7)13(21)18(14(10)22)4-3-17-25/h7-12,20H,1-6H2. The average Bonchev–Trinajstić information content (AvgIpc) is 3.03. The molecule has 3 aliphatic carbocycles. The van der Waals surface area contributed by atoms with Gasteiger partial charge in [0.1, 0.15) is 0 Å². The summed E-state index contributed by atoms with van der Waals surface area (Å²) in [5.74, 6) is -4.29. The summed E-state index contributed by atoms with van der Waals surface area (Å²) in [5, 5.41) is 11.8. The van der Waals surface area contributed by atoms with Crippen LogP contribution in [0.15, 0.2) is 5.18 Å². The summed E-state index contributed by atoms with van der Waals surface area (Å²) in [7, 11) is 0. The highest BCUT2D eigenvalue weighted by Crippen LogP contribution is 2.60. The van der Waals surface area contributed by atoms with Crippen molar-refractivity contribution in [3.8, 4) is 0 Å². The zero-order chi connectivity index (χ0) is 17.9. The summed E-state index contributed by atoms with van der Waals surface area (Å²) >= 11 is 0. The second-order valence-electron chi connectivity index (χ2n) is 7.24. The van der Waals surface area contributed by atoms with Crippen molar-refractivity contribution in [3.05, 3.63) is 4.91 Å². The van der Waals surface area contributed by atoms with Crippen LogP contribution < -0.4 is 0 Å².